The first-order valence-corrected chi connectivity index (χ1v) is 5.98. The molecular formula is C15H18. The highest BCUT2D eigenvalue weighted by Crippen LogP contribution is 2.46. The van der Waals surface area contributed by atoms with E-state index >= 15 is 0 Å². The van der Waals surface area contributed by atoms with Gasteiger partial charge in [-0.3, -0.25) is 0 Å². The molecule has 1 atom stereocenters. The summed E-state index contributed by atoms with van der Waals surface area (Å²) in [5.41, 5.74) is 9.42. The molecule has 3 rings (SSSR count). The van der Waals surface area contributed by atoms with Gasteiger partial charge in [0.2, 0.25) is 0 Å². The lowest BCUT2D eigenvalue weighted by atomic mass is 9.86. The minimum Gasteiger partial charge on any atom is -0.0695 e. The lowest BCUT2D eigenvalue weighted by molar-refractivity contribution is 0.900. The van der Waals surface area contributed by atoms with Crippen molar-refractivity contribution in [3.8, 4) is 0 Å². The predicted molar refractivity (Wildman–Crippen MR) is 64.6 cm³/mol. The lowest BCUT2D eigenvalue weighted by Crippen LogP contribution is -2.04. The highest BCUT2D eigenvalue weighted by molar-refractivity contribution is 5.60. The van der Waals surface area contributed by atoms with Crippen LogP contribution in [0, 0.1) is 5.92 Å². The van der Waals surface area contributed by atoms with Crippen LogP contribution in [0.4, 0.5) is 0 Å². The Morgan fingerprint density at radius 1 is 1.00 bits per heavy atom. The molecule has 0 saturated heterocycles. The van der Waals surface area contributed by atoms with Crippen molar-refractivity contribution in [2.45, 2.75) is 40.0 Å². The van der Waals surface area contributed by atoms with Crippen LogP contribution in [0.2, 0.25) is 0 Å². The largest absolute Gasteiger partial charge is 0.0695 e. The summed E-state index contributed by atoms with van der Waals surface area (Å²) < 4.78 is 0. The van der Waals surface area contributed by atoms with Gasteiger partial charge in [0.15, 0.2) is 0 Å². The van der Waals surface area contributed by atoms with E-state index in [9.17, 15) is 0 Å². The molecule has 1 saturated carbocycles. The maximum atomic E-state index is 2.52. The zero-order valence-corrected chi connectivity index (χ0v) is 9.85. The third-order valence-corrected chi connectivity index (χ3v) is 4.39. The Bertz CT molecular complexity index is 452. The molecule has 0 aliphatic heterocycles. The maximum absolute atomic E-state index is 2.52. The molecule has 0 heteroatoms. The SMILES string of the molecule is CC1=C(C)C2C=C3CCCC3=CC2=C1C. The topological polar surface area (TPSA) is 0 Å². The Labute approximate surface area is 92.1 Å². The Hall–Kier alpha value is -1.04. The summed E-state index contributed by atoms with van der Waals surface area (Å²) in [7, 11) is 0. The number of hydrogen-bond acceptors (Lipinski definition) is 0. The van der Waals surface area contributed by atoms with Gasteiger partial charge in [0, 0.05) is 5.92 Å². The van der Waals surface area contributed by atoms with E-state index in [0.717, 1.165) is 0 Å². The Kier molecular flexibility index (Phi) is 1.83. The molecule has 15 heavy (non-hydrogen) atoms. The first-order chi connectivity index (χ1) is 7.18. The van der Waals surface area contributed by atoms with Crippen LogP contribution in [0.25, 0.3) is 0 Å². The molecule has 0 aromatic heterocycles. The summed E-state index contributed by atoms with van der Waals surface area (Å²) in [5.74, 6) is 0.613. The van der Waals surface area contributed by atoms with Crippen molar-refractivity contribution in [1.82, 2.24) is 0 Å². The highest BCUT2D eigenvalue weighted by atomic mass is 14.3. The normalized spacial score (nSPS) is 29.1. The average molecular weight is 198 g/mol. The molecule has 78 valence electrons. The zero-order valence-electron chi connectivity index (χ0n) is 9.85. The van der Waals surface area contributed by atoms with Gasteiger partial charge in [-0.25, -0.2) is 0 Å². The Morgan fingerprint density at radius 3 is 2.53 bits per heavy atom. The molecule has 0 amide bonds. The van der Waals surface area contributed by atoms with Crippen LogP contribution in [0.1, 0.15) is 40.0 Å². The standard InChI is InChI=1S/C15H18/c1-9-10(2)14-7-12-5-4-6-13(12)8-15(14)11(9)3/h7-8,14H,4-6H2,1-3H3. The summed E-state index contributed by atoms with van der Waals surface area (Å²) >= 11 is 0. The molecule has 0 heterocycles. The van der Waals surface area contributed by atoms with E-state index < -0.39 is 0 Å². The highest BCUT2D eigenvalue weighted by Gasteiger charge is 2.29. The van der Waals surface area contributed by atoms with Crippen molar-refractivity contribution in [3.63, 3.8) is 0 Å². The van der Waals surface area contributed by atoms with Crippen molar-refractivity contribution >= 4 is 0 Å². The zero-order chi connectivity index (χ0) is 10.6. The molecule has 0 radical (unpaired) electrons. The third-order valence-electron chi connectivity index (χ3n) is 4.39. The van der Waals surface area contributed by atoms with Gasteiger partial charge < -0.3 is 0 Å². The van der Waals surface area contributed by atoms with Gasteiger partial charge in [0.1, 0.15) is 0 Å². The van der Waals surface area contributed by atoms with Crippen molar-refractivity contribution in [3.05, 3.63) is 45.6 Å². The molecule has 0 N–H and O–H groups in total. The number of allylic oxidation sites excluding steroid dienone is 8. The first kappa shape index (κ1) is 9.21. The second kappa shape index (κ2) is 2.98. The van der Waals surface area contributed by atoms with Crippen LogP contribution in [0.5, 0.6) is 0 Å². The van der Waals surface area contributed by atoms with Gasteiger partial charge in [-0.2, -0.15) is 0 Å². The fourth-order valence-electron chi connectivity index (χ4n) is 3.16. The average Bonchev–Trinajstić information content (AvgIpc) is 2.77. The monoisotopic (exact) mass is 198 g/mol. The molecule has 0 bridgehead atoms. The molecule has 0 aromatic carbocycles. The molecule has 1 fully saturated rings. The minimum absolute atomic E-state index is 0.613. The van der Waals surface area contributed by atoms with E-state index in [4.69, 9.17) is 0 Å². The molecule has 3 aliphatic carbocycles. The van der Waals surface area contributed by atoms with E-state index in [0.29, 0.717) is 5.92 Å². The van der Waals surface area contributed by atoms with Gasteiger partial charge in [0.05, 0.1) is 0 Å². The number of hydrogen-bond donors (Lipinski definition) is 0. The van der Waals surface area contributed by atoms with E-state index in [1.165, 1.54) is 30.4 Å². The summed E-state index contributed by atoms with van der Waals surface area (Å²) in [6, 6.07) is 0. The fourth-order valence-corrected chi connectivity index (χ4v) is 3.16. The first-order valence-electron chi connectivity index (χ1n) is 5.98. The second-order valence-electron chi connectivity index (χ2n) is 5.08. The number of fused-ring (bicyclic) bond motifs is 2. The van der Waals surface area contributed by atoms with Crippen LogP contribution >= 0.6 is 0 Å². The van der Waals surface area contributed by atoms with E-state index in [1.807, 2.05) is 0 Å². The van der Waals surface area contributed by atoms with E-state index in [-0.39, 0.29) is 0 Å². The Morgan fingerprint density at radius 2 is 1.73 bits per heavy atom. The summed E-state index contributed by atoms with van der Waals surface area (Å²) in [4.78, 5) is 0. The van der Waals surface area contributed by atoms with Gasteiger partial charge in [-0.1, -0.05) is 17.7 Å². The summed E-state index contributed by atoms with van der Waals surface area (Å²) in [6.45, 7) is 6.84. The van der Waals surface area contributed by atoms with Crippen molar-refractivity contribution in [2.24, 2.45) is 5.92 Å². The molecule has 0 aromatic rings. The van der Waals surface area contributed by atoms with Crippen LogP contribution in [-0.2, 0) is 0 Å². The molecular weight excluding hydrogens is 180 g/mol. The summed E-state index contributed by atoms with van der Waals surface area (Å²) in [6.07, 6.45) is 8.96. The van der Waals surface area contributed by atoms with Crippen molar-refractivity contribution < 1.29 is 0 Å². The smallest absolute Gasteiger partial charge is 0.0240 e. The molecule has 0 nitrogen and oxygen atoms in total. The lowest BCUT2D eigenvalue weighted by Gasteiger charge is -2.18. The van der Waals surface area contributed by atoms with E-state index in [2.05, 4.69) is 32.9 Å². The second-order valence-corrected chi connectivity index (χ2v) is 5.08. The van der Waals surface area contributed by atoms with Gasteiger partial charge in [0.25, 0.3) is 0 Å². The quantitative estimate of drug-likeness (QED) is 0.544. The molecule has 1 unspecified atom stereocenters. The molecule has 3 aliphatic rings. The van der Waals surface area contributed by atoms with Crippen LogP contribution in [0.3, 0.4) is 0 Å². The molecule has 0 spiro atoms. The van der Waals surface area contributed by atoms with Gasteiger partial charge in [-0.15, -0.1) is 0 Å². The van der Waals surface area contributed by atoms with E-state index in [1.54, 1.807) is 22.3 Å². The van der Waals surface area contributed by atoms with Gasteiger partial charge in [-0.05, 0) is 67.9 Å². The van der Waals surface area contributed by atoms with Crippen LogP contribution in [-0.4, -0.2) is 0 Å². The van der Waals surface area contributed by atoms with Crippen LogP contribution in [0.15, 0.2) is 45.6 Å². The van der Waals surface area contributed by atoms with Crippen molar-refractivity contribution in [1.29, 1.82) is 0 Å². The Balaban J connectivity index is 2.14. The summed E-state index contributed by atoms with van der Waals surface area (Å²) in [5, 5.41) is 0. The fraction of sp³-hybridized carbons (Fsp3) is 0.467. The van der Waals surface area contributed by atoms with Crippen molar-refractivity contribution in [2.75, 3.05) is 0 Å². The predicted octanol–water partition coefficient (Wildman–Crippen LogP) is 4.32. The number of rotatable bonds is 0. The van der Waals surface area contributed by atoms with Crippen LogP contribution < -0.4 is 0 Å². The minimum atomic E-state index is 0.613. The maximum Gasteiger partial charge on any atom is 0.0240 e. The van der Waals surface area contributed by atoms with Gasteiger partial charge >= 0.3 is 0 Å². The third kappa shape index (κ3) is 1.14.